The Morgan fingerprint density at radius 1 is 1.43 bits per heavy atom. The Labute approximate surface area is 124 Å². The number of carbonyl (C=O) groups is 1. The van der Waals surface area contributed by atoms with Crippen molar-refractivity contribution >= 4 is 28.2 Å². The maximum Gasteiger partial charge on any atom is 0.224 e. The number of pyridine rings is 1. The predicted molar refractivity (Wildman–Crippen MR) is 85.2 cm³/mol. The summed E-state index contributed by atoms with van der Waals surface area (Å²) in [6.07, 6.45) is 3.73. The van der Waals surface area contributed by atoms with Gasteiger partial charge in [-0.05, 0) is 37.1 Å². The second-order valence-corrected chi connectivity index (χ2v) is 5.47. The van der Waals surface area contributed by atoms with E-state index < -0.39 is 0 Å². The molecule has 1 fully saturated rings. The Bertz CT molecular complexity index is 670. The molecule has 5 nitrogen and oxygen atoms in total. The zero-order chi connectivity index (χ0) is 14.8. The summed E-state index contributed by atoms with van der Waals surface area (Å²) in [5.74, 6) is 0.160. The first-order chi connectivity index (χ1) is 10.2. The number of anilines is 2. The van der Waals surface area contributed by atoms with Crippen LogP contribution in [0.25, 0.3) is 10.9 Å². The van der Waals surface area contributed by atoms with Gasteiger partial charge in [0, 0.05) is 37.4 Å². The van der Waals surface area contributed by atoms with Crippen molar-refractivity contribution in [1.29, 1.82) is 0 Å². The van der Waals surface area contributed by atoms with Crippen molar-refractivity contribution in [3.63, 3.8) is 0 Å². The van der Waals surface area contributed by atoms with Crippen molar-refractivity contribution in [2.75, 3.05) is 30.8 Å². The number of nitrogens with two attached hydrogens (primary N) is 1. The van der Waals surface area contributed by atoms with Crippen LogP contribution in [0.1, 0.15) is 12.8 Å². The van der Waals surface area contributed by atoms with Crippen LogP contribution >= 0.6 is 0 Å². The van der Waals surface area contributed by atoms with Crippen LogP contribution in [0.15, 0.2) is 30.5 Å². The van der Waals surface area contributed by atoms with Crippen LogP contribution in [0, 0.1) is 5.92 Å². The van der Waals surface area contributed by atoms with Gasteiger partial charge < -0.3 is 16.0 Å². The highest BCUT2D eigenvalue weighted by Crippen LogP contribution is 2.31. The number of hydrogen-bond donors (Lipinski definition) is 2. The lowest BCUT2D eigenvalue weighted by Crippen LogP contribution is -2.42. The van der Waals surface area contributed by atoms with Crippen molar-refractivity contribution in [3.05, 3.63) is 30.5 Å². The van der Waals surface area contributed by atoms with Gasteiger partial charge in [0.15, 0.2) is 0 Å². The summed E-state index contributed by atoms with van der Waals surface area (Å²) in [5, 5.41) is 3.72. The molecule has 0 radical (unpaired) electrons. The normalized spacial score (nSPS) is 18.7. The predicted octanol–water partition coefficient (Wildman–Crippen LogP) is 1.78. The molecule has 0 saturated carbocycles. The van der Waals surface area contributed by atoms with Crippen molar-refractivity contribution in [1.82, 2.24) is 10.3 Å². The summed E-state index contributed by atoms with van der Waals surface area (Å²) in [6, 6.07) is 7.81. The smallest absolute Gasteiger partial charge is 0.224 e. The third-order valence-corrected chi connectivity index (χ3v) is 4.16. The van der Waals surface area contributed by atoms with E-state index in [1.807, 2.05) is 24.3 Å². The number of piperidine rings is 1. The van der Waals surface area contributed by atoms with Crippen molar-refractivity contribution in [3.8, 4) is 0 Å². The fraction of sp³-hybridized carbons (Fsp3) is 0.375. The second-order valence-electron chi connectivity index (χ2n) is 5.47. The third kappa shape index (κ3) is 2.51. The lowest BCUT2D eigenvalue weighted by molar-refractivity contribution is -0.124. The maximum absolute atomic E-state index is 11.9. The molecule has 1 aromatic carbocycles. The Morgan fingerprint density at radius 3 is 3.10 bits per heavy atom. The number of aromatic nitrogens is 1. The average molecular weight is 284 g/mol. The molecular formula is C16H20N4O. The van der Waals surface area contributed by atoms with Gasteiger partial charge in [0.1, 0.15) is 0 Å². The number of nitrogens with one attached hydrogen (secondary N) is 1. The van der Waals surface area contributed by atoms with Gasteiger partial charge >= 0.3 is 0 Å². The zero-order valence-corrected chi connectivity index (χ0v) is 12.2. The number of nitrogen functional groups attached to an aromatic ring is 1. The van der Waals surface area contributed by atoms with Gasteiger partial charge in [0.2, 0.25) is 5.91 Å². The van der Waals surface area contributed by atoms with E-state index in [1.165, 1.54) is 0 Å². The molecule has 3 rings (SSSR count). The summed E-state index contributed by atoms with van der Waals surface area (Å²) in [5.41, 5.74) is 8.74. The van der Waals surface area contributed by atoms with Gasteiger partial charge in [-0.1, -0.05) is 0 Å². The highest BCUT2D eigenvalue weighted by atomic mass is 16.1. The summed E-state index contributed by atoms with van der Waals surface area (Å²) in [4.78, 5) is 18.6. The van der Waals surface area contributed by atoms with Crippen LogP contribution in [-0.4, -0.2) is 31.0 Å². The number of benzene rings is 1. The first-order valence-electron chi connectivity index (χ1n) is 7.30. The van der Waals surface area contributed by atoms with E-state index in [2.05, 4.69) is 15.2 Å². The topological polar surface area (TPSA) is 71.2 Å². The quantitative estimate of drug-likeness (QED) is 0.825. The maximum atomic E-state index is 11.9. The van der Waals surface area contributed by atoms with Crippen LogP contribution in [0.2, 0.25) is 0 Å². The van der Waals surface area contributed by atoms with Crippen LogP contribution in [-0.2, 0) is 4.79 Å². The molecule has 2 heterocycles. The van der Waals surface area contributed by atoms with E-state index >= 15 is 0 Å². The van der Waals surface area contributed by atoms with Gasteiger partial charge in [-0.3, -0.25) is 9.78 Å². The number of nitrogens with zero attached hydrogens (tertiary/aromatic N) is 2. The molecule has 1 atom stereocenters. The Hall–Kier alpha value is -2.30. The summed E-state index contributed by atoms with van der Waals surface area (Å²) < 4.78 is 0. The number of amides is 1. The highest BCUT2D eigenvalue weighted by molar-refractivity contribution is 5.98. The monoisotopic (exact) mass is 284 g/mol. The third-order valence-electron chi connectivity index (χ3n) is 4.16. The van der Waals surface area contributed by atoms with Gasteiger partial charge in [-0.2, -0.15) is 0 Å². The average Bonchev–Trinajstić information content (AvgIpc) is 2.55. The molecule has 1 aromatic heterocycles. The van der Waals surface area contributed by atoms with Crippen LogP contribution in [0.5, 0.6) is 0 Å². The minimum Gasteiger partial charge on any atom is -0.398 e. The zero-order valence-electron chi connectivity index (χ0n) is 12.2. The fourth-order valence-corrected chi connectivity index (χ4v) is 3.05. The van der Waals surface area contributed by atoms with Crippen LogP contribution in [0.4, 0.5) is 11.4 Å². The van der Waals surface area contributed by atoms with Crippen molar-refractivity contribution < 1.29 is 4.79 Å². The number of rotatable bonds is 2. The largest absolute Gasteiger partial charge is 0.398 e. The van der Waals surface area contributed by atoms with E-state index in [1.54, 1.807) is 13.2 Å². The highest BCUT2D eigenvalue weighted by Gasteiger charge is 2.26. The van der Waals surface area contributed by atoms with Crippen molar-refractivity contribution in [2.45, 2.75) is 12.8 Å². The molecular weight excluding hydrogens is 264 g/mol. The molecule has 1 aliphatic heterocycles. The molecule has 110 valence electrons. The van der Waals surface area contributed by atoms with E-state index in [4.69, 9.17) is 5.73 Å². The molecule has 3 N–H and O–H groups in total. The van der Waals surface area contributed by atoms with Gasteiger partial charge in [-0.15, -0.1) is 0 Å². The molecule has 1 saturated heterocycles. The van der Waals surface area contributed by atoms with E-state index in [9.17, 15) is 4.79 Å². The SMILES string of the molecule is CNC(=O)C1CCCN(c2ccc(N)c3cccnc23)C1. The number of fused-ring (bicyclic) bond motifs is 1. The van der Waals surface area contributed by atoms with E-state index in [-0.39, 0.29) is 11.8 Å². The van der Waals surface area contributed by atoms with Crippen molar-refractivity contribution in [2.24, 2.45) is 5.92 Å². The molecule has 1 amide bonds. The van der Waals surface area contributed by atoms with E-state index in [0.717, 1.165) is 48.2 Å². The first kappa shape index (κ1) is 13.7. The Kier molecular flexibility index (Phi) is 3.64. The molecule has 0 bridgehead atoms. The van der Waals surface area contributed by atoms with E-state index in [0.29, 0.717) is 0 Å². The Morgan fingerprint density at radius 2 is 2.29 bits per heavy atom. The lowest BCUT2D eigenvalue weighted by atomic mass is 9.96. The lowest BCUT2D eigenvalue weighted by Gasteiger charge is -2.34. The molecule has 5 heteroatoms. The number of hydrogen-bond acceptors (Lipinski definition) is 4. The standard InChI is InChI=1S/C16H20N4O/c1-18-16(21)11-4-3-9-20(10-11)14-7-6-13(17)12-5-2-8-19-15(12)14/h2,5-8,11H,3-4,9-10,17H2,1H3,(H,18,21). The van der Waals surface area contributed by atoms with Gasteiger partial charge in [0.25, 0.3) is 0 Å². The summed E-state index contributed by atoms with van der Waals surface area (Å²) in [7, 11) is 1.70. The molecule has 0 aliphatic carbocycles. The van der Waals surface area contributed by atoms with Crippen LogP contribution < -0.4 is 16.0 Å². The molecule has 21 heavy (non-hydrogen) atoms. The first-order valence-corrected chi connectivity index (χ1v) is 7.30. The fourth-order valence-electron chi connectivity index (χ4n) is 3.05. The van der Waals surface area contributed by atoms with Gasteiger partial charge in [0.05, 0.1) is 17.1 Å². The summed E-state index contributed by atoms with van der Waals surface area (Å²) in [6.45, 7) is 1.68. The minimum atomic E-state index is 0.0417. The molecule has 1 unspecified atom stereocenters. The molecule has 2 aromatic rings. The van der Waals surface area contributed by atoms with Crippen LogP contribution in [0.3, 0.4) is 0 Å². The molecule has 1 aliphatic rings. The Balaban J connectivity index is 1.97. The minimum absolute atomic E-state index is 0.0417. The van der Waals surface area contributed by atoms with Gasteiger partial charge in [-0.25, -0.2) is 0 Å². The molecule has 0 spiro atoms. The number of carbonyl (C=O) groups excluding carboxylic acids is 1. The second kappa shape index (κ2) is 5.60. The summed E-state index contributed by atoms with van der Waals surface area (Å²) >= 11 is 0.